The van der Waals surface area contributed by atoms with E-state index < -0.39 is 11.4 Å². The van der Waals surface area contributed by atoms with Crippen molar-refractivity contribution in [2.75, 3.05) is 6.61 Å². The normalized spacial score (nSPS) is 13.5. The molecule has 20 heavy (non-hydrogen) atoms. The van der Waals surface area contributed by atoms with E-state index in [0.29, 0.717) is 0 Å². The fraction of sp³-hybridized carbons (Fsp3) is 0.188. The number of carbonyl (C=O) groups is 1. The fourth-order valence-corrected chi connectivity index (χ4v) is 2.15. The van der Waals surface area contributed by atoms with Crippen LogP contribution in [0.15, 0.2) is 60.7 Å². The summed E-state index contributed by atoms with van der Waals surface area (Å²) in [7, 11) is 0. The predicted octanol–water partition coefficient (Wildman–Crippen LogP) is 2.82. The number of nitrogens with one attached hydrogen (secondary N) is 1. The Morgan fingerprint density at radius 3 is 2.00 bits per heavy atom. The zero-order chi connectivity index (χ0) is 14.4. The third kappa shape index (κ3) is 3.59. The average Bonchev–Trinajstić information content (AvgIpc) is 2.53. The molecular formula is C16H16ClNO2. The highest BCUT2D eigenvalue weighted by Gasteiger charge is 2.21. The van der Waals surface area contributed by atoms with Gasteiger partial charge in [0.25, 0.3) is 0 Å². The molecule has 0 heterocycles. The summed E-state index contributed by atoms with van der Waals surface area (Å²) in [4.78, 5) is 12.1. The Kier molecular flexibility index (Phi) is 5.16. The van der Waals surface area contributed by atoms with Crippen molar-refractivity contribution in [3.05, 3.63) is 71.8 Å². The molecule has 104 valence electrons. The quantitative estimate of drug-likeness (QED) is 0.832. The Morgan fingerprint density at radius 2 is 1.50 bits per heavy atom. The number of hydrogen-bond donors (Lipinski definition) is 2. The second-order valence-corrected chi connectivity index (χ2v) is 4.86. The van der Waals surface area contributed by atoms with Crippen molar-refractivity contribution in [2.45, 2.75) is 11.4 Å². The summed E-state index contributed by atoms with van der Waals surface area (Å²) in [5, 5.41) is 11.4. The van der Waals surface area contributed by atoms with Crippen LogP contribution in [-0.4, -0.2) is 17.6 Å². The van der Waals surface area contributed by atoms with Gasteiger partial charge in [-0.1, -0.05) is 60.7 Å². The molecule has 2 aromatic rings. The molecule has 0 saturated heterocycles. The van der Waals surface area contributed by atoms with Gasteiger partial charge >= 0.3 is 0 Å². The summed E-state index contributed by atoms with van der Waals surface area (Å²) in [6, 6.07) is 18.0. The molecule has 2 atom stereocenters. The molecule has 1 unspecified atom stereocenters. The molecule has 0 bridgehead atoms. The van der Waals surface area contributed by atoms with Crippen molar-refractivity contribution in [3.63, 3.8) is 0 Å². The maximum Gasteiger partial charge on any atom is 0.243 e. The molecule has 0 aliphatic rings. The SMILES string of the molecule is O=C(N[C@H](CO)c1ccccc1)C(Cl)c1ccccc1. The molecule has 1 amide bonds. The molecule has 0 fully saturated rings. The van der Waals surface area contributed by atoms with Crippen molar-refractivity contribution in [2.24, 2.45) is 0 Å². The Morgan fingerprint density at radius 1 is 1.00 bits per heavy atom. The van der Waals surface area contributed by atoms with Crippen molar-refractivity contribution >= 4 is 17.5 Å². The van der Waals surface area contributed by atoms with Gasteiger partial charge in [-0.2, -0.15) is 0 Å². The molecule has 2 rings (SSSR count). The summed E-state index contributed by atoms with van der Waals surface area (Å²) in [6.45, 7) is -0.172. The van der Waals surface area contributed by atoms with E-state index in [1.165, 1.54) is 0 Å². The largest absolute Gasteiger partial charge is 0.394 e. The highest BCUT2D eigenvalue weighted by Crippen LogP contribution is 2.22. The molecule has 0 aliphatic heterocycles. The standard InChI is InChI=1S/C16H16ClNO2/c17-15(13-9-5-2-6-10-13)16(20)18-14(11-19)12-7-3-1-4-8-12/h1-10,14-15,19H,11H2,(H,18,20)/t14-,15?/m1/s1. The van der Waals surface area contributed by atoms with Gasteiger partial charge in [-0.15, -0.1) is 11.6 Å². The van der Waals surface area contributed by atoms with Crippen LogP contribution < -0.4 is 5.32 Å². The topological polar surface area (TPSA) is 49.3 Å². The van der Waals surface area contributed by atoms with Gasteiger partial charge in [-0.05, 0) is 11.1 Å². The van der Waals surface area contributed by atoms with Gasteiger partial charge in [-0.3, -0.25) is 4.79 Å². The first-order chi connectivity index (χ1) is 9.72. The lowest BCUT2D eigenvalue weighted by atomic mass is 10.1. The van der Waals surface area contributed by atoms with Crippen molar-refractivity contribution in [3.8, 4) is 0 Å². The number of amides is 1. The predicted molar refractivity (Wildman–Crippen MR) is 79.4 cm³/mol. The van der Waals surface area contributed by atoms with Gasteiger partial charge in [-0.25, -0.2) is 0 Å². The molecule has 2 N–H and O–H groups in total. The number of rotatable bonds is 5. The first kappa shape index (κ1) is 14.6. The Hall–Kier alpha value is -1.84. The number of aliphatic hydroxyl groups is 1. The number of aliphatic hydroxyl groups excluding tert-OH is 1. The molecule has 0 radical (unpaired) electrons. The van der Waals surface area contributed by atoms with E-state index in [4.69, 9.17) is 11.6 Å². The van der Waals surface area contributed by atoms with Crippen LogP contribution >= 0.6 is 11.6 Å². The number of alkyl halides is 1. The molecule has 0 saturated carbocycles. The van der Waals surface area contributed by atoms with Crippen LogP contribution in [0.5, 0.6) is 0 Å². The summed E-state index contributed by atoms with van der Waals surface area (Å²) in [5.41, 5.74) is 1.58. The van der Waals surface area contributed by atoms with Gasteiger partial charge in [0.1, 0.15) is 5.38 Å². The van der Waals surface area contributed by atoms with Crippen LogP contribution in [0, 0.1) is 0 Å². The summed E-state index contributed by atoms with van der Waals surface area (Å²) in [6.07, 6.45) is 0. The minimum atomic E-state index is -0.769. The zero-order valence-corrected chi connectivity index (χ0v) is 11.6. The van der Waals surface area contributed by atoms with E-state index in [1.54, 1.807) is 12.1 Å². The van der Waals surface area contributed by atoms with Crippen molar-refractivity contribution in [1.82, 2.24) is 5.32 Å². The van der Waals surface area contributed by atoms with E-state index in [2.05, 4.69) is 5.32 Å². The molecule has 2 aromatic carbocycles. The monoisotopic (exact) mass is 289 g/mol. The number of benzene rings is 2. The van der Waals surface area contributed by atoms with Gasteiger partial charge < -0.3 is 10.4 Å². The first-order valence-corrected chi connectivity index (χ1v) is 6.81. The zero-order valence-electron chi connectivity index (χ0n) is 10.9. The van der Waals surface area contributed by atoms with Crippen LogP contribution in [-0.2, 0) is 4.79 Å². The smallest absolute Gasteiger partial charge is 0.243 e. The first-order valence-electron chi connectivity index (χ1n) is 6.37. The molecule has 0 aromatic heterocycles. The Balaban J connectivity index is 2.06. The molecule has 3 nitrogen and oxygen atoms in total. The second kappa shape index (κ2) is 7.08. The van der Waals surface area contributed by atoms with Crippen molar-refractivity contribution in [1.29, 1.82) is 0 Å². The Labute approximate surface area is 123 Å². The van der Waals surface area contributed by atoms with Crippen LogP contribution in [0.2, 0.25) is 0 Å². The highest BCUT2D eigenvalue weighted by atomic mass is 35.5. The van der Waals surface area contributed by atoms with Gasteiger partial charge in [0, 0.05) is 0 Å². The molecule has 4 heteroatoms. The third-order valence-corrected chi connectivity index (χ3v) is 3.47. The fourth-order valence-electron chi connectivity index (χ4n) is 1.94. The minimum Gasteiger partial charge on any atom is -0.394 e. The number of hydrogen-bond acceptors (Lipinski definition) is 2. The number of halogens is 1. The Bertz CT molecular complexity index is 545. The van der Waals surface area contributed by atoms with E-state index in [0.717, 1.165) is 11.1 Å². The maximum atomic E-state index is 12.1. The third-order valence-electron chi connectivity index (χ3n) is 3.02. The van der Waals surface area contributed by atoms with E-state index in [-0.39, 0.29) is 12.5 Å². The van der Waals surface area contributed by atoms with E-state index in [9.17, 15) is 9.90 Å². The molecule has 0 aliphatic carbocycles. The van der Waals surface area contributed by atoms with Crippen LogP contribution in [0.1, 0.15) is 22.5 Å². The number of carbonyl (C=O) groups excluding carboxylic acids is 1. The van der Waals surface area contributed by atoms with Crippen molar-refractivity contribution < 1.29 is 9.90 Å². The van der Waals surface area contributed by atoms with E-state index in [1.807, 2.05) is 48.5 Å². The summed E-state index contributed by atoms with van der Waals surface area (Å²) in [5.74, 6) is -0.319. The molecular weight excluding hydrogens is 274 g/mol. The van der Waals surface area contributed by atoms with Gasteiger partial charge in [0.2, 0.25) is 5.91 Å². The maximum absolute atomic E-state index is 12.1. The lowest BCUT2D eigenvalue weighted by Gasteiger charge is -2.19. The van der Waals surface area contributed by atoms with Gasteiger partial charge in [0.05, 0.1) is 12.6 Å². The average molecular weight is 290 g/mol. The summed E-state index contributed by atoms with van der Waals surface area (Å²) < 4.78 is 0. The lowest BCUT2D eigenvalue weighted by Crippen LogP contribution is -2.33. The van der Waals surface area contributed by atoms with Crippen LogP contribution in [0.4, 0.5) is 0 Å². The highest BCUT2D eigenvalue weighted by molar-refractivity contribution is 6.30. The van der Waals surface area contributed by atoms with Crippen LogP contribution in [0.3, 0.4) is 0 Å². The second-order valence-electron chi connectivity index (χ2n) is 4.43. The van der Waals surface area contributed by atoms with Gasteiger partial charge in [0.15, 0.2) is 0 Å². The minimum absolute atomic E-state index is 0.172. The van der Waals surface area contributed by atoms with E-state index >= 15 is 0 Å². The molecule has 0 spiro atoms. The summed E-state index contributed by atoms with van der Waals surface area (Å²) >= 11 is 6.15. The van der Waals surface area contributed by atoms with Crippen LogP contribution in [0.25, 0.3) is 0 Å². The lowest BCUT2D eigenvalue weighted by molar-refractivity contribution is -0.121.